The van der Waals surface area contributed by atoms with Gasteiger partial charge in [-0.2, -0.15) is 0 Å². The van der Waals surface area contributed by atoms with Crippen molar-refractivity contribution >= 4 is 11.9 Å². The maximum Gasteiger partial charge on any atom is 0.318 e. The average Bonchev–Trinajstić information content (AvgIpc) is 2.73. The summed E-state index contributed by atoms with van der Waals surface area (Å²) in [5, 5.41) is 10.8. The van der Waals surface area contributed by atoms with Gasteiger partial charge in [-0.3, -0.25) is 4.79 Å². The Balaban J connectivity index is 2.88. The molecule has 0 radical (unpaired) electrons. The van der Waals surface area contributed by atoms with Crippen LogP contribution in [0.5, 0.6) is 0 Å². The number of rotatable bonds is 6. The number of anilines is 1. The Morgan fingerprint density at radius 2 is 2.12 bits per heavy atom. The second-order valence-electron chi connectivity index (χ2n) is 4.12. The highest BCUT2D eigenvalue weighted by molar-refractivity contribution is 5.78. The summed E-state index contributed by atoms with van der Waals surface area (Å²) in [6, 6.07) is 0.343. The molecule has 1 aromatic heterocycles. The normalized spacial score (nSPS) is 12.8. The number of primary amides is 1. The molecule has 0 spiro atoms. The molecule has 1 atom stereocenters. The van der Waals surface area contributed by atoms with E-state index >= 15 is 0 Å². The Morgan fingerprint density at radius 1 is 1.47 bits per heavy atom. The average molecular weight is 241 g/mol. The van der Waals surface area contributed by atoms with E-state index in [0.29, 0.717) is 11.9 Å². The number of carbonyl (C=O) groups excluding carboxylic acids is 1. The van der Waals surface area contributed by atoms with Gasteiger partial charge in [0, 0.05) is 6.04 Å². The molecule has 1 amide bonds. The van der Waals surface area contributed by atoms with E-state index in [1.807, 2.05) is 20.8 Å². The monoisotopic (exact) mass is 241 g/mol. The number of carbonyl (C=O) groups is 1. The van der Waals surface area contributed by atoms with Crippen LogP contribution in [0.2, 0.25) is 0 Å². The molecule has 96 valence electrons. The third-order valence-electron chi connectivity index (χ3n) is 2.43. The fraction of sp³-hybridized carbons (Fsp3) is 0.700. The van der Waals surface area contributed by atoms with E-state index in [1.54, 1.807) is 11.9 Å². The molecule has 1 heterocycles. The first-order chi connectivity index (χ1) is 7.95. The number of hydrogen-bond acceptors (Lipinski definition) is 6. The van der Waals surface area contributed by atoms with E-state index in [2.05, 4.69) is 15.5 Å². The third kappa shape index (κ3) is 3.42. The first-order valence-electron chi connectivity index (χ1n) is 5.51. The summed E-state index contributed by atoms with van der Waals surface area (Å²) in [5.41, 5.74) is 5.18. The molecule has 0 saturated heterocycles. The maximum absolute atomic E-state index is 11.0. The highest BCUT2D eigenvalue weighted by Crippen LogP contribution is 2.18. The minimum atomic E-state index is -0.430. The van der Waals surface area contributed by atoms with Gasteiger partial charge in [-0.25, -0.2) is 0 Å². The van der Waals surface area contributed by atoms with Gasteiger partial charge in [-0.05, 0) is 27.8 Å². The van der Waals surface area contributed by atoms with Gasteiger partial charge in [0.1, 0.15) is 6.54 Å². The zero-order valence-electron chi connectivity index (χ0n) is 10.6. The van der Waals surface area contributed by atoms with Gasteiger partial charge in [-0.1, -0.05) is 5.10 Å². The number of nitrogens with zero attached hydrogens (tertiary/aromatic N) is 3. The zero-order chi connectivity index (χ0) is 13.0. The standard InChI is InChI=1S/C10H19N5O2/c1-6(2)15(5-8(11)16)10-14-13-9(17-10)7(3)12-4/h6-7,12H,5H2,1-4H3,(H2,11,16). The van der Waals surface area contributed by atoms with Crippen LogP contribution in [0.3, 0.4) is 0 Å². The predicted octanol–water partition coefficient (Wildman–Crippen LogP) is 0.0501. The number of aromatic nitrogens is 2. The molecule has 0 bridgehead atoms. The van der Waals surface area contributed by atoms with Crippen molar-refractivity contribution < 1.29 is 9.21 Å². The van der Waals surface area contributed by atoms with E-state index in [-0.39, 0.29) is 18.6 Å². The van der Waals surface area contributed by atoms with Gasteiger partial charge in [0.15, 0.2) is 0 Å². The van der Waals surface area contributed by atoms with Crippen molar-refractivity contribution in [3.8, 4) is 0 Å². The second-order valence-corrected chi connectivity index (χ2v) is 4.12. The SMILES string of the molecule is CNC(C)c1nnc(N(CC(N)=O)C(C)C)o1. The fourth-order valence-electron chi connectivity index (χ4n) is 1.28. The molecule has 0 aromatic carbocycles. The zero-order valence-corrected chi connectivity index (χ0v) is 10.6. The van der Waals surface area contributed by atoms with E-state index in [4.69, 9.17) is 10.2 Å². The van der Waals surface area contributed by atoms with E-state index in [1.165, 1.54) is 0 Å². The molecule has 0 aliphatic heterocycles. The summed E-state index contributed by atoms with van der Waals surface area (Å²) in [6.07, 6.45) is 0. The topological polar surface area (TPSA) is 97.3 Å². The summed E-state index contributed by atoms with van der Waals surface area (Å²) in [6.45, 7) is 5.82. The lowest BCUT2D eigenvalue weighted by molar-refractivity contribution is -0.116. The van der Waals surface area contributed by atoms with Crippen LogP contribution in [0.15, 0.2) is 4.42 Å². The number of amides is 1. The highest BCUT2D eigenvalue weighted by atomic mass is 16.4. The second kappa shape index (κ2) is 5.62. The van der Waals surface area contributed by atoms with Gasteiger partial charge >= 0.3 is 6.01 Å². The molecule has 0 aliphatic rings. The lowest BCUT2D eigenvalue weighted by Gasteiger charge is -2.22. The summed E-state index contributed by atoms with van der Waals surface area (Å²) in [4.78, 5) is 12.6. The van der Waals surface area contributed by atoms with Crippen LogP contribution >= 0.6 is 0 Å². The van der Waals surface area contributed by atoms with Crippen molar-refractivity contribution in [2.75, 3.05) is 18.5 Å². The molecule has 1 aromatic rings. The van der Waals surface area contributed by atoms with Crippen LogP contribution in [0.1, 0.15) is 32.7 Å². The highest BCUT2D eigenvalue weighted by Gasteiger charge is 2.20. The van der Waals surface area contributed by atoms with E-state index in [0.717, 1.165) is 0 Å². The Bertz CT molecular complexity index is 377. The largest absolute Gasteiger partial charge is 0.406 e. The van der Waals surface area contributed by atoms with Crippen molar-refractivity contribution in [1.29, 1.82) is 0 Å². The first-order valence-corrected chi connectivity index (χ1v) is 5.51. The first kappa shape index (κ1) is 13.4. The van der Waals surface area contributed by atoms with Crippen molar-refractivity contribution in [2.24, 2.45) is 5.73 Å². The Labute approximate surface area is 100 Å². The summed E-state index contributed by atoms with van der Waals surface area (Å²) in [7, 11) is 1.80. The molecule has 1 rings (SSSR count). The van der Waals surface area contributed by atoms with Crippen molar-refractivity contribution in [2.45, 2.75) is 32.9 Å². The fourth-order valence-corrected chi connectivity index (χ4v) is 1.28. The molecule has 7 nitrogen and oxygen atoms in total. The minimum absolute atomic E-state index is 0.0289. The van der Waals surface area contributed by atoms with Crippen molar-refractivity contribution in [1.82, 2.24) is 15.5 Å². The Hall–Kier alpha value is -1.63. The molecule has 17 heavy (non-hydrogen) atoms. The molecule has 0 fully saturated rings. The quantitative estimate of drug-likeness (QED) is 0.730. The molecule has 0 aliphatic carbocycles. The lowest BCUT2D eigenvalue weighted by Crippen LogP contribution is -2.38. The van der Waals surface area contributed by atoms with Crippen LogP contribution in [0.4, 0.5) is 6.01 Å². The van der Waals surface area contributed by atoms with Crippen LogP contribution in [0, 0.1) is 0 Å². The Morgan fingerprint density at radius 3 is 2.59 bits per heavy atom. The molecular weight excluding hydrogens is 222 g/mol. The van der Waals surface area contributed by atoms with Crippen molar-refractivity contribution in [3.05, 3.63) is 5.89 Å². The van der Waals surface area contributed by atoms with Gasteiger partial charge in [-0.15, -0.1) is 5.10 Å². The smallest absolute Gasteiger partial charge is 0.318 e. The number of nitrogens with two attached hydrogens (primary N) is 1. The van der Waals surface area contributed by atoms with E-state index < -0.39 is 5.91 Å². The lowest BCUT2D eigenvalue weighted by atomic mass is 10.3. The van der Waals surface area contributed by atoms with Gasteiger partial charge in [0.2, 0.25) is 11.8 Å². The van der Waals surface area contributed by atoms with E-state index in [9.17, 15) is 4.79 Å². The third-order valence-corrected chi connectivity index (χ3v) is 2.43. The van der Waals surface area contributed by atoms with Crippen LogP contribution in [0.25, 0.3) is 0 Å². The summed E-state index contributed by atoms with van der Waals surface area (Å²) >= 11 is 0. The van der Waals surface area contributed by atoms with Gasteiger partial charge in [0.25, 0.3) is 0 Å². The predicted molar refractivity (Wildman–Crippen MR) is 63.4 cm³/mol. The Kier molecular flexibility index (Phi) is 4.45. The molecular formula is C10H19N5O2. The van der Waals surface area contributed by atoms with Crippen LogP contribution < -0.4 is 16.0 Å². The minimum Gasteiger partial charge on any atom is -0.406 e. The van der Waals surface area contributed by atoms with Gasteiger partial charge < -0.3 is 20.4 Å². The maximum atomic E-state index is 11.0. The van der Waals surface area contributed by atoms with Crippen LogP contribution in [-0.4, -0.2) is 35.7 Å². The summed E-state index contributed by atoms with van der Waals surface area (Å²) in [5.74, 6) is 0.0535. The molecule has 0 saturated carbocycles. The van der Waals surface area contributed by atoms with Crippen molar-refractivity contribution in [3.63, 3.8) is 0 Å². The molecule has 1 unspecified atom stereocenters. The van der Waals surface area contributed by atoms with Gasteiger partial charge in [0.05, 0.1) is 6.04 Å². The molecule has 3 N–H and O–H groups in total. The number of hydrogen-bond donors (Lipinski definition) is 2. The summed E-state index contributed by atoms with van der Waals surface area (Å²) < 4.78 is 5.49. The number of nitrogens with one attached hydrogen (secondary N) is 1. The molecule has 7 heteroatoms. The van der Waals surface area contributed by atoms with Crippen LogP contribution in [-0.2, 0) is 4.79 Å².